The largest absolute Gasteiger partial charge is 4.00 e. The molecule has 266 valence electrons. The molecular weight excluding hydrogens is 831 g/mol. The fourth-order valence-corrected chi connectivity index (χ4v) is 1.39. The van der Waals surface area contributed by atoms with Crippen LogP contribution < -0.4 is 30.6 Å². The third-order valence-corrected chi connectivity index (χ3v) is 3.97. The Morgan fingerprint density at radius 2 is 0.341 bits per heavy atom. The van der Waals surface area contributed by atoms with Crippen molar-refractivity contribution in [2.45, 2.75) is 37.7 Å². The molecule has 20 heteroatoms. The van der Waals surface area contributed by atoms with Crippen molar-refractivity contribution in [3.05, 3.63) is 0 Å². The molecule has 2 radical (unpaired) electrons. The fraction of sp³-hybridized carbons (Fsp3) is 1.00. The summed E-state index contributed by atoms with van der Waals surface area (Å²) in [5, 5.41) is 59.1. The van der Waals surface area contributed by atoms with Crippen LogP contribution in [-0.2, 0) is 78.6 Å². The van der Waals surface area contributed by atoms with Crippen LogP contribution in [0.4, 0.5) is 0 Å². The van der Waals surface area contributed by atoms with Crippen molar-refractivity contribution in [3.63, 3.8) is 0 Å². The first-order valence-corrected chi connectivity index (χ1v) is 11.9. The van der Waals surface area contributed by atoms with Gasteiger partial charge in [0, 0.05) is 85.3 Å². The number of hydrogen-bond donors (Lipinski definition) is 0. The Morgan fingerprint density at radius 3 is 0.341 bits per heavy atom. The fourth-order valence-electron chi connectivity index (χ4n) is 1.39. The maximum absolute atomic E-state index is 9.84. The van der Waals surface area contributed by atoms with Crippen molar-refractivity contribution < 1.29 is 109 Å². The molecule has 0 aliphatic rings. The van der Waals surface area contributed by atoms with Gasteiger partial charge in [-0.1, -0.05) is 39.6 Å². The molecule has 0 saturated carbocycles. The molecule has 0 unspecified atom stereocenters. The molecule has 0 aromatic rings. The van der Waals surface area contributed by atoms with Gasteiger partial charge in [-0.05, 0) is 0 Å². The smallest absolute Gasteiger partial charge is 0.851 e. The Labute approximate surface area is 298 Å². The van der Waals surface area contributed by atoms with E-state index >= 15 is 0 Å². The van der Waals surface area contributed by atoms with Crippen LogP contribution in [0.25, 0.3) is 0 Å². The summed E-state index contributed by atoms with van der Waals surface area (Å²) < 4.78 is 54.2. The van der Waals surface area contributed by atoms with Crippen LogP contribution in [0, 0.1) is 0 Å². The second-order valence-corrected chi connectivity index (χ2v) is 6.41. The van der Waals surface area contributed by atoms with Crippen LogP contribution >= 0.6 is 0 Å². The summed E-state index contributed by atoms with van der Waals surface area (Å²) in [6.45, 7) is -2.04. The maximum Gasteiger partial charge on any atom is 4.00 e. The van der Waals surface area contributed by atoms with Crippen molar-refractivity contribution in [2.75, 3.05) is 125 Å². The molecule has 0 atom stereocenters. The van der Waals surface area contributed by atoms with Gasteiger partial charge >= 0.3 is 49.0 Å². The summed E-state index contributed by atoms with van der Waals surface area (Å²) in [7, 11) is 17.2. The van der Waals surface area contributed by atoms with E-state index in [2.05, 4.69) is 56.8 Å². The zero-order valence-corrected chi connectivity index (χ0v) is 33.5. The molecule has 0 spiro atoms. The Hall–Kier alpha value is 0.916. The minimum atomic E-state index is -0.569. The van der Waals surface area contributed by atoms with Gasteiger partial charge < -0.3 is 87.5 Å². The molecule has 0 aliphatic carbocycles. The zero-order chi connectivity index (χ0) is 34.2. The van der Waals surface area contributed by atoms with E-state index < -0.39 is 37.7 Å². The third kappa shape index (κ3) is 55.3. The predicted molar refractivity (Wildman–Crippen MR) is 142 cm³/mol. The zero-order valence-electron chi connectivity index (χ0n) is 28.1. The Kier molecular flexibility index (Phi) is 85.7. The predicted octanol–water partition coefficient (Wildman–Crippen LogP) is -6.59. The second-order valence-electron chi connectivity index (χ2n) is 6.41. The third-order valence-electron chi connectivity index (χ3n) is 3.97. The molecule has 0 fully saturated rings. The average Bonchev–Trinajstić information content (AvgIpc) is 3.04. The molecule has 0 rings (SSSR count). The minimum absolute atomic E-state index is 0. The van der Waals surface area contributed by atoms with Crippen molar-refractivity contribution >= 4 is 27.3 Å². The summed E-state index contributed by atoms with van der Waals surface area (Å²) in [5.74, 6) is 0. The number of hydrogen-bond acceptors (Lipinski definition) is 18. The van der Waals surface area contributed by atoms with Crippen molar-refractivity contribution in [2.24, 2.45) is 0 Å². The van der Waals surface area contributed by atoms with Crippen LogP contribution in [0.2, 0.25) is 0 Å². The van der Waals surface area contributed by atoms with E-state index in [4.69, 9.17) is 0 Å². The molecular formula is C24H54O18PbTi. The normalized spacial score (nSPS) is 9.82. The van der Waals surface area contributed by atoms with Gasteiger partial charge in [0.05, 0.1) is 0 Å². The number of methoxy groups -OCH3 is 12. The van der Waals surface area contributed by atoms with Crippen LogP contribution in [0.1, 0.15) is 0 Å². The molecule has 0 aromatic carbocycles. The van der Waals surface area contributed by atoms with E-state index in [-0.39, 0.29) is 88.7 Å². The summed E-state index contributed by atoms with van der Waals surface area (Å²) in [6, 6.07) is 0. The van der Waals surface area contributed by atoms with Crippen LogP contribution in [0.15, 0.2) is 0 Å². The second kappa shape index (κ2) is 59.4. The molecule has 0 saturated heterocycles. The first-order chi connectivity index (χ1) is 20.1. The first-order valence-electron chi connectivity index (χ1n) is 11.9. The molecule has 0 aromatic heterocycles. The quantitative estimate of drug-likeness (QED) is 0.0917. The van der Waals surface area contributed by atoms with Crippen LogP contribution in [0.5, 0.6) is 0 Å². The summed E-state index contributed by atoms with van der Waals surface area (Å²) in [6.07, 6.45) is -3.42. The minimum Gasteiger partial charge on any atom is -0.851 e. The van der Waals surface area contributed by atoms with Gasteiger partial charge in [0.1, 0.15) is 37.7 Å². The maximum atomic E-state index is 9.84. The first kappa shape index (κ1) is 63.6. The van der Waals surface area contributed by atoms with E-state index in [0.29, 0.717) is 0 Å². The van der Waals surface area contributed by atoms with Gasteiger partial charge in [-0.3, -0.25) is 0 Å². The van der Waals surface area contributed by atoms with Gasteiger partial charge in [-0.15, -0.1) is 0 Å². The average molecular weight is 886 g/mol. The van der Waals surface area contributed by atoms with Gasteiger partial charge in [0.2, 0.25) is 0 Å². The van der Waals surface area contributed by atoms with Crippen LogP contribution in [-0.4, -0.2) is 190 Å². The Bertz CT molecular complexity index is 277. The molecule has 0 bridgehead atoms. The van der Waals surface area contributed by atoms with Gasteiger partial charge in [0.25, 0.3) is 0 Å². The summed E-state index contributed by atoms with van der Waals surface area (Å²) >= 11 is 0. The summed E-state index contributed by atoms with van der Waals surface area (Å²) in [5.41, 5.74) is 0. The van der Waals surface area contributed by atoms with Gasteiger partial charge in [-0.2, -0.15) is 0 Å². The summed E-state index contributed by atoms with van der Waals surface area (Å²) in [4.78, 5) is 0. The van der Waals surface area contributed by atoms with Crippen molar-refractivity contribution in [1.82, 2.24) is 0 Å². The number of ether oxygens (including phenoxy) is 12. The molecule has 0 heterocycles. The van der Waals surface area contributed by atoms with Gasteiger partial charge in [-0.25, -0.2) is 0 Å². The van der Waals surface area contributed by atoms with Crippen molar-refractivity contribution in [3.8, 4) is 0 Å². The molecule has 0 amide bonds. The molecule has 0 aliphatic heterocycles. The van der Waals surface area contributed by atoms with Gasteiger partial charge in [0.15, 0.2) is 0 Å². The SMILES string of the molecule is COC(C[O-])OC.COC(C[O-])OC.COC(C[O-])OC.COC(C[O-])OC.COC(C[O-])OC.COC(C[O-])OC.[Pb+2].[Ti+4]. The van der Waals surface area contributed by atoms with E-state index in [1.165, 1.54) is 85.3 Å². The van der Waals surface area contributed by atoms with E-state index in [9.17, 15) is 30.6 Å². The molecule has 0 N–H and O–H groups in total. The Morgan fingerprint density at radius 1 is 0.273 bits per heavy atom. The van der Waals surface area contributed by atoms with E-state index in [1.807, 2.05) is 0 Å². The monoisotopic (exact) mass is 886 g/mol. The molecule has 44 heavy (non-hydrogen) atoms. The standard InChI is InChI=1S/6C4H9O3.Pb.Ti/c6*1-6-4(3-5)7-2;;/h6*4H,3H2,1-2H3;;/q6*-1;+2;+4. The number of rotatable bonds is 18. The molecule has 18 nitrogen and oxygen atoms in total. The topological polar surface area (TPSA) is 249 Å². The van der Waals surface area contributed by atoms with E-state index in [1.54, 1.807) is 0 Å². The van der Waals surface area contributed by atoms with Crippen LogP contribution in [0.3, 0.4) is 0 Å². The van der Waals surface area contributed by atoms with E-state index in [0.717, 1.165) is 0 Å². The van der Waals surface area contributed by atoms with Crippen molar-refractivity contribution in [1.29, 1.82) is 0 Å². The Balaban J connectivity index is -0.0000000584.